The molecule has 30 heavy (non-hydrogen) atoms. The Kier molecular flexibility index (Phi) is 6.17. The fourth-order valence-electron chi connectivity index (χ4n) is 3.68. The second kappa shape index (κ2) is 8.54. The van der Waals surface area contributed by atoms with Gasteiger partial charge in [-0.2, -0.15) is 0 Å². The Morgan fingerprint density at radius 3 is 2.80 bits per heavy atom. The molecule has 3 aromatic rings. The second-order valence-electron chi connectivity index (χ2n) is 7.45. The molecule has 2 unspecified atom stereocenters. The fourth-order valence-corrected chi connectivity index (χ4v) is 6.44. The van der Waals surface area contributed by atoms with Gasteiger partial charge >= 0.3 is 0 Å². The Labute approximate surface area is 192 Å². The van der Waals surface area contributed by atoms with Crippen molar-refractivity contribution in [2.24, 2.45) is 7.05 Å². The van der Waals surface area contributed by atoms with Crippen LogP contribution in [-0.2, 0) is 24.7 Å². The number of aryl methyl sites for hydroxylation is 2. The van der Waals surface area contributed by atoms with Crippen molar-refractivity contribution in [1.82, 2.24) is 14.9 Å². The van der Waals surface area contributed by atoms with E-state index < -0.39 is 5.25 Å². The van der Waals surface area contributed by atoms with Crippen molar-refractivity contribution in [2.75, 3.05) is 0 Å². The van der Waals surface area contributed by atoms with Gasteiger partial charge in [0.25, 0.3) is 5.56 Å². The Hall–Kier alpha value is -1.54. The number of carbonyl (C=O) groups is 1. The molecule has 1 amide bonds. The first-order valence-corrected chi connectivity index (χ1v) is 12.1. The number of thiophene rings is 1. The molecule has 0 fully saturated rings. The van der Waals surface area contributed by atoms with Crippen LogP contribution in [0.2, 0.25) is 10.0 Å². The molecule has 0 aliphatic heterocycles. The van der Waals surface area contributed by atoms with Gasteiger partial charge in [0.1, 0.15) is 4.83 Å². The minimum absolute atomic E-state index is 0.0316. The van der Waals surface area contributed by atoms with Gasteiger partial charge in [0.15, 0.2) is 5.16 Å². The molecule has 1 aliphatic carbocycles. The van der Waals surface area contributed by atoms with E-state index in [-0.39, 0.29) is 17.5 Å². The van der Waals surface area contributed by atoms with Gasteiger partial charge in [0.2, 0.25) is 5.91 Å². The Balaban J connectivity index is 1.52. The number of halogens is 2. The summed E-state index contributed by atoms with van der Waals surface area (Å²) in [4.78, 5) is 32.5. The highest BCUT2D eigenvalue weighted by Gasteiger charge is 2.25. The predicted octanol–water partition coefficient (Wildman–Crippen LogP) is 5.15. The van der Waals surface area contributed by atoms with E-state index in [1.54, 1.807) is 42.0 Å². The quantitative estimate of drug-likeness (QED) is 0.404. The third-order valence-electron chi connectivity index (χ3n) is 5.34. The summed E-state index contributed by atoms with van der Waals surface area (Å²) in [5.41, 5.74) is 1.93. The predicted molar refractivity (Wildman–Crippen MR) is 125 cm³/mol. The molecular weight excluding hydrogens is 461 g/mol. The average Bonchev–Trinajstić information content (AvgIpc) is 3.26. The Morgan fingerprint density at radius 1 is 1.30 bits per heavy atom. The Bertz CT molecular complexity index is 1210. The summed E-state index contributed by atoms with van der Waals surface area (Å²) in [7, 11) is 1.72. The molecule has 158 valence electrons. The largest absolute Gasteiger partial charge is 0.349 e. The van der Waals surface area contributed by atoms with E-state index in [0.29, 0.717) is 15.2 Å². The van der Waals surface area contributed by atoms with Gasteiger partial charge in [-0.25, -0.2) is 4.98 Å². The van der Waals surface area contributed by atoms with Crippen LogP contribution in [0.1, 0.15) is 42.3 Å². The van der Waals surface area contributed by atoms with Crippen molar-refractivity contribution < 1.29 is 4.79 Å². The molecule has 5 nitrogen and oxygen atoms in total. The monoisotopic (exact) mass is 481 g/mol. The summed E-state index contributed by atoms with van der Waals surface area (Å²) in [5.74, 6) is -0.151. The van der Waals surface area contributed by atoms with Crippen LogP contribution in [-0.4, -0.2) is 20.7 Å². The van der Waals surface area contributed by atoms with Gasteiger partial charge in [0.05, 0.1) is 16.7 Å². The third kappa shape index (κ3) is 4.00. The molecule has 1 N–H and O–H groups in total. The molecule has 0 spiro atoms. The van der Waals surface area contributed by atoms with E-state index in [4.69, 9.17) is 28.2 Å². The van der Waals surface area contributed by atoms with Crippen LogP contribution in [0.15, 0.2) is 28.2 Å². The molecule has 1 aliphatic rings. The lowest BCUT2D eigenvalue weighted by atomic mass is 10.1. The normalized spacial score (nSPS) is 15.2. The highest BCUT2D eigenvalue weighted by molar-refractivity contribution is 8.00. The summed E-state index contributed by atoms with van der Waals surface area (Å²) in [6.45, 7) is 3.68. The molecule has 2 atom stereocenters. The van der Waals surface area contributed by atoms with E-state index in [2.05, 4.69) is 5.32 Å². The molecule has 2 aromatic heterocycles. The average molecular weight is 482 g/mol. The van der Waals surface area contributed by atoms with Crippen LogP contribution < -0.4 is 10.9 Å². The van der Waals surface area contributed by atoms with E-state index in [9.17, 15) is 9.59 Å². The van der Waals surface area contributed by atoms with Gasteiger partial charge in [-0.3, -0.25) is 14.2 Å². The van der Waals surface area contributed by atoms with Crippen LogP contribution in [0.3, 0.4) is 0 Å². The lowest BCUT2D eigenvalue weighted by Crippen LogP contribution is -2.33. The number of benzene rings is 1. The number of aromatic nitrogens is 2. The second-order valence-corrected chi connectivity index (χ2v) is 10.7. The number of carbonyl (C=O) groups excluding carboxylic acids is 1. The zero-order valence-corrected chi connectivity index (χ0v) is 19.9. The van der Waals surface area contributed by atoms with Gasteiger partial charge < -0.3 is 5.32 Å². The standard InChI is InChI=1S/C21H21Cl2N3O2S2/c1-10(13-8-7-12(22)9-15(13)23)24-18(27)11(2)29-21-25-19-17(20(28)26(21)3)14-5-4-6-16(14)30-19/h7-11H,4-6H2,1-3H3,(H,24,27). The lowest BCUT2D eigenvalue weighted by Gasteiger charge is -2.19. The first-order valence-electron chi connectivity index (χ1n) is 9.69. The number of hydrogen-bond acceptors (Lipinski definition) is 5. The van der Waals surface area contributed by atoms with Gasteiger partial charge in [-0.05, 0) is 56.4 Å². The van der Waals surface area contributed by atoms with Crippen LogP contribution in [0.5, 0.6) is 0 Å². The fraction of sp³-hybridized carbons (Fsp3) is 0.381. The molecule has 4 rings (SSSR count). The summed E-state index contributed by atoms with van der Waals surface area (Å²) in [6, 6.07) is 4.94. The summed E-state index contributed by atoms with van der Waals surface area (Å²) in [6.07, 6.45) is 3.07. The minimum atomic E-state index is -0.430. The van der Waals surface area contributed by atoms with Crippen molar-refractivity contribution in [1.29, 1.82) is 0 Å². The van der Waals surface area contributed by atoms with Crippen LogP contribution >= 0.6 is 46.3 Å². The van der Waals surface area contributed by atoms with Crippen molar-refractivity contribution >= 4 is 62.4 Å². The van der Waals surface area contributed by atoms with Crippen LogP contribution in [0, 0.1) is 0 Å². The molecule has 0 radical (unpaired) electrons. The summed E-state index contributed by atoms with van der Waals surface area (Å²) in [5, 5.41) is 4.91. The Morgan fingerprint density at radius 2 is 2.07 bits per heavy atom. The highest BCUT2D eigenvalue weighted by atomic mass is 35.5. The summed E-state index contributed by atoms with van der Waals surface area (Å²) >= 11 is 15.1. The van der Waals surface area contributed by atoms with Gasteiger partial charge in [0, 0.05) is 22.0 Å². The number of rotatable bonds is 5. The highest BCUT2D eigenvalue weighted by Crippen LogP contribution is 2.36. The lowest BCUT2D eigenvalue weighted by molar-refractivity contribution is -0.120. The zero-order chi connectivity index (χ0) is 21.6. The van der Waals surface area contributed by atoms with Gasteiger partial charge in [-0.15, -0.1) is 11.3 Å². The molecular formula is C21H21Cl2N3O2S2. The van der Waals surface area contributed by atoms with E-state index in [1.807, 2.05) is 13.0 Å². The first-order chi connectivity index (χ1) is 14.3. The molecule has 0 saturated carbocycles. The van der Waals surface area contributed by atoms with E-state index >= 15 is 0 Å². The number of thioether (sulfide) groups is 1. The number of nitrogens with one attached hydrogen (secondary N) is 1. The number of hydrogen-bond donors (Lipinski definition) is 1. The molecule has 2 heterocycles. The van der Waals surface area contributed by atoms with Crippen molar-refractivity contribution in [3.63, 3.8) is 0 Å². The maximum Gasteiger partial charge on any atom is 0.262 e. The SMILES string of the molecule is CC(Sc1nc2sc3c(c2c(=O)n1C)CCC3)C(=O)NC(C)c1ccc(Cl)cc1Cl. The summed E-state index contributed by atoms with van der Waals surface area (Å²) < 4.78 is 1.56. The molecule has 0 bridgehead atoms. The molecule has 1 aromatic carbocycles. The molecule has 0 saturated heterocycles. The van der Waals surface area contributed by atoms with Crippen molar-refractivity contribution in [3.05, 3.63) is 54.6 Å². The topological polar surface area (TPSA) is 64.0 Å². The van der Waals surface area contributed by atoms with Gasteiger partial charge in [-0.1, -0.05) is 41.0 Å². The maximum absolute atomic E-state index is 12.9. The number of fused-ring (bicyclic) bond motifs is 3. The van der Waals surface area contributed by atoms with Crippen LogP contribution in [0.25, 0.3) is 10.2 Å². The van der Waals surface area contributed by atoms with E-state index in [1.165, 1.54) is 22.2 Å². The number of amides is 1. The smallest absolute Gasteiger partial charge is 0.262 e. The minimum Gasteiger partial charge on any atom is -0.349 e. The van der Waals surface area contributed by atoms with Crippen molar-refractivity contribution in [3.8, 4) is 0 Å². The first kappa shape index (κ1) is 21.7. The van der Waals surface area contributed by atoms with Crippen molar-refractivity contribution in [2.45, 2.75) is 49.6 Å². The third-order valence-corrected chi connectivity index (χ3v) is 8.24. The van der Waals surface area contributed by atoms with E-state index in [0.717, 1.165) is 35.0 Å². The number of nitrogens with zero attached hydrogens (tertiary/aromatic N) is 2. The zero-order valence-electron chi connectivity index (χ0n) is 16.8. The maximum atomic E-state index is 12.9. The van der Waals surface area contributed by atoms with Crippen LogP contribution in [0.4, 0.5) is 0 Å². The molecule has 9 heteroatoms.